The van der Waals surface area contributed by atoms with Crippen LogP contribution in [0.4, 0.5) is 4.39 Å². The van der Waals surface area contributed by atoms with Crippen LogP contribution >= 0.6 is 11.6 Å². The lowest BCUT2D eigenvalue weighted by atomic mass is 10.0. The first kappa shape index (κ1) is 21.1. The molecule has 0 saturated carbocycles. The Morgan fingerprint density at radius 2 is 1.90 bits per heavy atom. The number of aromatic nitrogens is 1. The van der Waals surface area contributed by atoms with Crippen LogP contribution < -0.4 is 10.7 Å². The quantitative estimate of drug-likeness (QED) is 0.545. The number of pyridine rings is 1. The zero-order chi connectivity index (χ0) is 21.7. The number of rotatable bonds is 5. The van der Waals surface area contributed by atoms with Gasteiger partial charge >= 0.3 is 5.97 Å². The fourth-order valence-electron chi connectivity index (χ4n) is 2.88. The van der Waals surface area contributed by atoms with E-state index in [1.54, 1.807) is 24.3 Å². The van der Waals surface area contributed by atoms with E-state index >= 15 is 0 Å². The topological polar surface area (TPSA) is 99.3 Å². The molecule has 0 atom stereocenters. The number of aliphatic carboxylic acids is 1. The molecule has 0 spiro atoms. The Morgan fingerprint density at radius 1 is 1.17 bits per heavy atom. The average Bonchev–Trinajstić information content (AvgIpc) is 2.71. The van der Waals surface area contributed by atoms with Gasteiger partial charge in [0.15, 0.2) is 0 Å². The number of aryl methyl sites for hydroxylation is 1. The molecule has 3 N–H and O–H groups in total. The van der Waals surface area contributed by atoms with Crippen LogP contribution in [0.1, 0.15) is 27.9 Å². The summed E-state index contributed by atoms with van der Waals surface area (Å²) in [6.45, 7) is 0.199. The van der Waals surface area contributed by atoms with Crippen LogP contribution in [-0.2, 0) is 17.8 Å². The zero-order valence-corrected chi connectivity index (χ0v) is 16.3. The molecule has 6 nitrogen and oxygen atoms in total. The fraction of sp³-hybridized carbons (Fsp3) is 0.136. The number of aromatic amines is 1. The Balaban J connectivity index is 1.83. The molecule has 1 aromatic heterocycles. The summed E-state index contributed by atoms with van der Waals surface area (Å²) in [5.74, 6) is 1.95. The number of amides is 1. The number of benzene rings is 2. The molecule has 3 rings (SSSR count). The number of carbonyl (C=O) groups excluding carboxylic acids is 1. The van der Waals surface area contributed by atoms with Crippen molar-refractivity contribution in [2.75, 3.05) is 0 Å². The van der Waals surface area contributed by atoms with Gasteiger partial charge in [0.2, 0.25) is 5.43 Å². The van der Waals surface area contributed by atoms with Crippen molar-refractivity contribution in [3.8, 4) is 11.8 Å². The predicted octanol–water partition coefficient (Wildman–Crippen LogP) is 3.27. The molecule has 0 unspecified atom stereocenters. The van der Waals surface area contributed by atoms with Crippen molar-refractivity contribution in [3.63, 3.8) is 0 Å². The molecular formula is C22H16ClFN2O4. The van der Waals surface area contributed by atoms with Gasteiger partial charge in [0, 0.05) is 35.5 Å². The zero-order valence-electron chi connectivity index (χ0n) is 15.6. The average molecular weight is 427 g/mol. The first-order chi connectivity index (χ1) is 14.3. The molecule has 0 bridgehead atoms. The molecule has 2 aromatic carbocycles. The summed E-state index contributed by atoms with van der Waals surface area (Å²) in [5.41, 5.74) is 0.535. The van der Waals surface area contributed by atoms with Crippen molar-refractivity contribution >= 4 is 34.4 Å². The van der Waals surface area contributed by atoms with E-state index in [9.17, 15) is 18.8 Å². The van der Waals surface area contributed by atoms with Crippen molar-refractivity contribution in [2.45, 2.75) is 19.4 Å². The summed E-state index contributed by atoms with van der Waals surface area (Å²) in [5, 5.41) is 11.8. The largest absolute Gasteiger partial charge is 0.472 e. The maximum absolute atomic E-state index is 14.4. The van der Waals surface area contributed by atoms with Crippen LogP contribution in [0.15, 0.2) is 47.4 Å². The van der Waals surface area contributed by atoms with Crippen molar-refractivity contribution < 1.29 is 19.1 Å². The Morgan fingerprint density at radius 3 is 2.60 bits per heavy atom. The number of hydrogen-bond acceptors (Lipinski definition) is 3. The third kappa shape index (κ3) is 5.04. The number of nitrogens with one attached hydrogen (secondary N) is 2. The summed E-state index contributed by atoms with van der Waals surface area (Å²) >= 11 is 5.83. The van der Waals surface area contributed by atoms with E-state index in [1.807, 2.05) is 5.92 Å². The molecule has 30 heavy (non-hydrogen) atoms. The molecule has 0 saturated heterocycles. The maximum Gasteiger partial charge on any atom is 0.381 e. The van der Waals surface area contributed by atoms with Crippen molar-refractivity contribution in [1.29, 1.82) is 0 Å². The van der Waals surface area contributed by atoms with E-state index in [4.69, 9.17) is 16.7 Å². The lowest BCUT2D eigenvalue weighted by Gasteiger charge is -2.08. The van der Waals surface area contributed by atoms with Crippen LogP contribution in [0.25, 0.3) is 10.9 Å². The van der Waals surface area contributed by atoms with Gasteiger partial charge in [-0.15, -0.1) is 0 Å². The van der Waals surface area contributed by atoms with E-state index < -0.39 is 23.1 Å². The van der Waals surface area contributed by atoms with E-state index in [-0.39, 0.29) is 35.9 Å². The summed E-state index contributed by atoms with van der Waals surface area (Å²) in [7, 11) is 0. The molecule has 0 fully saturated rings. The highest BCUT2D eigenvalue weighted by atomic mass is 35.5. The fourth-order valence-corrected chi connectivity index (χ4v) is 3.01. The number of fused-ring (bicyclic) bond motifs is 1. The van der Waals surface area contributed by atoms with Crippen LogP contribution in [-0.4, -0.2) is 22.0 Å². The smallest absolute Gasteiger partial charge is 0.381 e. The summed E-state index contributed by atoms with van der Waals surface area (Å²) in [4.78, 5) is 38.3. The Hall–Kier alpha value is -3.63. The van der Waals surface area contributed by atoms with Gasteiger partial charge in [-0.3, -0.25) is 9.59 Å². The first-order valence-corrected chi connectivity index (χ1v) is 9.31. The summed E-state index contributed by atoms with van der Waals surface area (Å²) in [6.07, 6.45) is 1.64. The highest BCUT2D eigenvalue weighted by Crippen LogP contribution is 2.17. The third-order valence-electron chi connectivity index (χ3n) is 4.35. The number of carboxylic acids is 1. The molecule has 8 heteroatoms. The normalized spacial score (nSPS) is 10.3. The number of halogens is 2. The van der Waals surface area contributed by atoms with E-state index in [1.165, 1.54) is 18.3 Å². The van der Waals surface area contributed by atoms with Crippen molar-refractivity contribution in [2.24, 2.45) is 0 Å². The molecule has 1 heterocycles. The lowest BCUT2D eigenvalue weighted by Crippen LogP contribution is -2.28. The van der Waals surface area contributed by atoms with Crippen LogP contribution in [0.5, 0.6) is 0 Å². The van der Waals surface area contributed by atoms with E-state index in [0.717, 1.165) is 5.56 Å². The van der Waals surface area contributed by atoms with E-state index in [2.05, 4.69) is 16.2 Å². The predicted molar refractivity (Wildman–Crippen MR) is 111 cm³/mol. The van der Waals surface area contributed by atoms with Crippen LogP contribution in [0, 0.1) is 17.7 Å². The number of H-pyrrole nitrogens is 1. The Labute approximate surface area is 175 Å². The van der Waals surface area contributed by atoms with Crippen LogP contribution in [0.2, 0.25) is 5.02 Å². The highest BCUT2D eigenvalue weighted by molar-refractivity contribution is 6.30. The number of carboxylic acid groups (broad SMARTS) is 1. The SMILES string of the molecule is O=C(O)C#CCCc1cc(F)c2[nH]cc(C(=O)NCc3ccc(Cl)cc3)c(=O)c2c1. The Bertz CT molecular complexity index is 1240. The van der Waals surface area contributed by atoms with Gasteiger partial charge in [-0.25, -0.2) is 9.18 Å². The standard InChI is InChI=1S/C22H16ClFN2O4/c23-15-7-5-13(6-8-15)11-26-22(30)17-12-25-20-16(21(17)29)9-14(10-18(20)24)3-1-2-4-19(27)28/h5-10,12H,1,3,11H2,(H,25,29)(H,26,30)(H,27,28). The van der Waals surface area contributed by atoms with Gasteiger partial charge in [0.25, 0.3) is 5.91 Å². The molecular weight excluding hydrogens is 411 g/mol. The maximum atomic E-state index is 14.4. The lowest BCUT2D eigenvalue weighted by molar-refractivity contribution is -0.130. The first-order valence-electron chi connectivity index (χ1n) is 8.93. The van der Waals surface area contributed by atoms with E-state index in [0.29, 0.717) is 10.6 Å². The third-order valence-corrected chi connectivity index (χ3v) is 4.60. The number of carbonyl (C=O) groups is 2. The highest BCUT2D eigenvalue weighted by Gasteiger charge is 2.15. The molecule has 0 radical (unpaired) electrons. The van der Waals surface area contributed by atoms with Gasteiger partial charge in [-0.1, -0.05) is 29.7 Å². The van der Waals surface area contributed by atoms with Gasteiger partial charge in [0.05, 0.1) is 5.52 Å². The summed E-state index contributed by atoms with van der Waals surface area (Å²) in [6, 6.07) is 9.62. The minimum Gasteiger partial charge on any atom is -0.472 e. The monoisotopic (exact) mass is 426 g/mol. The molecule has 0 aliphatic rings. The van der Waals surface area contributed by atoms with Crippen molar-refractivity contribution in [3.05, 3.63) is 80.3 Å². The minimum absolute atomic E-state index is 0.00498. The van der Waals surface area contributed by atoms with Gasteiger partial charge in [-0.2, -0.15) is 0 Å². The second-order valence-electron chi connectivity index (χ2n) is 6.45. The molecule has 0 aliphatic heterocycles. The van der Waals surface area contributed by atoms with Crippen molar-refractivity contribution in [1.82, 2.24) is 10.3 Å². The molecule has 3 aromatic rings. The van der Waals surface area contributed by atoms with Gasteiger partial charge in [-0.05, 0) is 41.8 Å². The second-order valence-corrected chi connectivity index (χ2v) is 6.88. The second kappa shape index (κ2) is 9.25. The number of hydrogen-bond donors (Lipinski definition) is 3. The summed E-state index contributed by atoms with van der Waals surface area (Å²) < 4.78 is 14.4. The molecule has 0 aliphatic carbocycles. The van der Waals surface area contributed by atoms with Gasteiger partial charge < -0.3 is 15.4 Å². The molecule has 152 valence electrons. The van der Waals surface area contributed by atoms with Crippen LogP contribution in [0.3, 0.4) is 0 Å². The molecule has 1 amide bonds. The Kier molecular flexibility index (Phi) is 6.50. The minimum atomic E-state index is -1.25. The van der Waals surface area contributed by atoms with Gasteiger partial charge in [0.1, 0.15) is 11.4 Å².